The Balaban J connectivity index is 1.63. The van der Waals surface area contributed by atoms with Crippen molar-refractivity contribution in [1.82, 2.24) is 5.32 Å². The highest BCUT2D eigenvalue weighted by Crippen LogP contribution is 2.24. The third kappa shape index (κ3) is 5.53. The summed E-state index contributed by atoms with van der Waals surface area (Å²) in [5.41, 5.74) is 3.46. The van der Waals surface area contributed by atoms with E-state index in [1.165, 1.54) is 0 Å². The monoisotopic (exact) mass is 502 g/mol. The van der Waals surface area contributed by atoms with E-state index in [0.29, 0.717) is 23.6 Å². The molecule has 0 atom stereocenters. The first kappa shape index (κ1) is 20.3. The molecule has 2 N–H and O–H groups in total. The summed E-state index contributed by atoms with van der Waals surface area (Å²) in [6, 6.07) is 22.9. The molecule has 0 bridgehead atoms. The number of hydrogen-bond donors (Lipinski definition) is 2. The van der Waals surface area contributed by atoms with Gasteiger partial charge in [-0.05, 0) is 77.1 Å². The van der Waals surface area contributed by atoms with Gasteiger partial charge in [-0.25, -0.2) is 0 Å². The third-order valence-corrected chi connectivity index (χ3v) is 5.40. The quantitative estimate of drug-likeness (QED) is 0.367. The molecular formula is C22H19IN2O2S. The van der Waals surface area contributed by atoms with Crippen LogP contribution in [0.4, 0.5) is 5.69 Å². The number of anilines is 1. The van der Waals surface area contributed by atoms with Gasteiger partial charge in [0.2, 0.25) is 0 Å². The first-order valence-electron chi connectivity index (χ1n) is 8.67. The number of ether oxygens (including phenoxy) is 1. The summed E-state index contributed by atoms with van der Waals surface area (Å²) in [7, 11) is 0. The molecule has 4 nitrogen and oxygen atoms in total. The Kier molecular flexibility index (Phi) is 7.00. The maximum atomic E-state index is 12.4. The van der Waals surface area contributed by atoms with Crippen LogP contribution in [0.15, 0.2) is 72.8 Å². The number of carbonyl (C=O) groups excluding carboxylic acids is 1. The zero-order valence-electron chi connectivity index (χ0n) is 15.2. The standard InChI is InChI=1S/C22H19IN2O2S/c1-15-11-12-17(13-18(15)23)21(26)25-22(28)24-19-9-5-6-10-20(19)27-14-16-7-3-2-4-8-16/h2-13H,14H2,1H3,(H2,24,25,26,28). The van der Waals surface area contributed by atoms with Crippen molar-refractivity contribution in [2.24, 2.45) is 0 Å². The van der Waals surface area contributed by atoms with Crippen molar-refractivity contribution < 1.29 is 9.53 Å². The molecule has 0 aliphatic heterocycles. The molecule has 0 spiro atoms. The van der Waals surface area contributed by atoms with E-state index in [2.05, 4.69) is 33.2 Å². The summed E-state index contributed by atoms with van der Waals surface area (Å²) in [6.07, 6.45) is 0. The van der Waals surface area contributed by atoms with Gasteiger partial charge >= 0.3 is 0 Å². The van der Waals surface area contributed by atoms with E-state index >= 15 is 0 Å². The van der Waals surface area contributed by atoms with E-state index in [0.717, 1.165) is 14.7 Å². The second kappa shape index (κ2) is 9.66. The van der Waals surface area contributed by atoms with Crippen molar-refractivity contribution in [3.8, 4) is 5.75 Å². The van der Waals surface area contributed by atoms with Crippen LogP contribution < -0.4 is 15.4 Å². The molecule has 3 aromatic carbocycles. The Hall–Kier alpha value is -2.45. The second-order valence-electron chi connectivity index (χ2n) is 6.14. The zero-order chi connectivity index (χ0) is 19.9. The van der Waals surface area contributed by atoms with Gasteiger partial charge in [0.15, 0.2) is 5.11 Å². The lowest BCUT2D eigenvalue weighted by Crippen LogP contribution is -2.34. The number of benzene rings is 3. The van der Waals surface area contributed by atoms with Crippen LogP contribution in [0.3, 0.4) is 0 Å². The molecule has 3 rings (SSSR count). The minimum atomic E-state index is -0.252. The number of carbonyl (C=O) groups is 1. The van der Waals surface area contributed by atoms with Gasteiger partial charge < -0.3 is 10.1 Å². The fourth-order valence-corrected chi connectivity index (χ4v) is 3.21. The van der Waals surface area contributed by atoms with Crippen LogP contribution in [-0.4, -0.2) is 11.0 Å². The largest absolute Gasteiger partial charge is 0.487 e. The van der Waals surface area contributed by atoms with Crippen molar-refractivity contribution in [2.75, 3.05) is 5.32 Å². The van der Waals surface area contributed by atoms with Crippen LogP contribution in [0, 0.1) is 10.5 Å². The highest BCUT2D eigenvalue weighted by Gasteiger charge is 2.11. The first-order valence-corrected chi connectivity index (χ1v) is 10.2. The van der Waals surface area contributed by atoms with Gasteiger partial charge in [-0.2, -0.15) is 0 Å². The normalized spacial score (nSPS) is 10.2. The van der Waals surface area contributed by atoms with Crippen LogP contribution in [-0.2, 0) is 6.61 Å². The number of para-hydroxylation sites is 2. The summed E-state index contributed by atoms with van der Waals surface area (Å²) in [5.74, 6) is 0.408. The molecule has 0 aliphatic rings. The molecule has 0 saturated heterocycles. The number of thiocarbonyl (C=S) groups is 1. The number of hydrogen-bond acceptors (Lipinski definition) is 3. The Labute approximate surface area is 183 Å². The van der Waals surface area contributed by atoms with Crippen molar-refractivity contribution in [3.63, 3.8) is 0 Å². The van der Waals surface area contributed by atoms with Gasteiger partial charge in [0.25, 0.3) is 5.91 Å². The van der Waals surface area contributed by atoms with E-state index in [9.17, 15) is 4.79 Å². The van der Waals surface area contributed by atoms with Crippen molar-refractivity contribution in [3.05, 3.63) is 93.1 Å². The van der Waals surface area contributed by atoms with Crippen LogP contribution in [0.25, 0.3) is 0 Å². The minimum Gasteiger partial charge on any atom is -0.487 e. The molecule has 1 amide bonds. The van der Waals surface area contributed by atoms with E-state index < -0.39 is 0 Å². The molecule has 0 aromatic heterocycles. The lowest BCUT2D eigenvalue weighted by Gasteiger charge is -2.14. The second-order valence-corrected chi connectivity index (χ2v) is 7.71. The highest BCUT2D eigenvalue weighted by molar-refractivity contribution is 14.1. The Bertz CT molecular complexity index is 993. The summed E-state index contributed by atoms with van der Waals surface area (Å²) >= 11 is 7.52. The van der Waals surface area contributed by atoms with Gasteiger partial charge in [-0.15, -0.1) is 0 Å². The third-order valence-electron chi connectivity index (χ3n) is 4.03. The molecule has 142 valence electrons. The van der Waals surface area contributed by atoms with Crippen molar-refractivity contribution >= 4 is 51.5 Å². The average Bonchev–Trinajstić information content (AvgIpc) is 2.70. The van der Waals surface area contributed by atoms with Crippen LogP contribution in [0.2, 0.25) is 0 Å². The smallest absolute Gasteiger partial charge is 0.257 e. The van der Waals surface area contributed by atoms with Crippen LogP contribution >= 0.6 is 34.8 Å². The van der Waals surface area contributed by atoms with Crippen molar-refractivity contribution in [1.29, 1.82) is 0 Å². The fraction of sp³-hybridized carbons (Fsp3) is 0.0909. The number of aryl methyl sites for hydroxylation is 1. The van der Waals surface area contributed by atoms with E-state index in [4.69, 9.17) is 17.0 Å². The van der Waals surface area contributed by atoms with Gasteiger partial charge in [0.05, 0.1) is 5.69 Å². The number of nitrogens with one attached hydrogen (secondary N) is 2. The SMILES string of the molecule is Cc1ccc(C(=O)NC(=S)Nc2ccccc2OCc2ccccc2)cc1I. The molecule has 3 aromatic rings. The molecule has 0 fully saturated rings. The summed E-state index contributed by atoms with van der Waals surface area (Å²) in [4.78, 5) is 12.4. The van der Waals surface area contributed by atoms with Crippen LogP contribution in [0.5, 0.6) is 5.75 Å². The minimum absolute atomic E-state index is 0.219. The molecular weight excluding hydrogens is 483 g/mol. The van der Waals surface area contributed by atoms with Gasteiger partial charge in [0, 0.05) is 9.13 Å². The van der Waals surface area contributed by atoms with Gasteiger partial charge in [-0.3, -0.25) is 10.1 Å². The lowest BCUT2D eigenvalue weighted by atomic mass is 10.1. The molecule has 0 radical (unpaired) electrons. The Morgan fingerprint density at radius 1 is 1.04 bits per heavy atom. The van der Waals surface area contributed by atoms with E-state index in [1.54, 1.807) is 6.07 Å². The maximum Gasteiger partial charge on any atom is 0.257 e. The Morgan fingerprint density at radius 3 is 2.50 bits per heavy atom. The number of amides is 1. The first-order chi connectivity index (χ1) is 13.5. The summed E-state index contributed by atoms with van der Waals surface area (Å²) in [6.45, 7) is 2.45. The Morgan fingerprint density at radius 2 is 1.75 bits per heavy atom. The number of halogens is 1. The molecule has 0 unspecified atom stereocenters. The summed E-state index contributed by atoms with van der Waals surface area (Å²) in [5, 5.41) is 5.98. The van der Waals surface area contributed by atoms with Gasteiger partial charge in [0.1, 0.15) is 12.4 Å². The average molecular weight is 502 g/mol. The zero-order valence-corrected chi connectivity index (χ0v) is 18.2. The predicted octanol–water partition coefficient (Wildman–Crippen LogP) is 5.31. The van der Waals surface area contributed by atoms with E-state index in [1.807, 2.05) is 73.7 Å². The summed E-state index contributed by atoms with van der Waals surface area (Å²) < 4.78 is 6.94. The van der Waals surface area contributed by atoms with Gasteiger partial charge in [-0.1, -0.05) is 48.5 Å². The molecule has 0 aliphatic carbocycles. The lowest BCUT2D eigenvalue weighted by molar-refractivity contribution is 0.0977. The topological polar surface area (TPSA) is 50.4 Å². The predicted molar refractivity (Wildman–Crippen MR) is 125 cm³/mol. The molecule has 6 heteroatoms. The van der Waals surface area contributed by atoms with Crippen LogP contribution in [0.1, 0.15) is 21.5 Å². The fourth-order valence-electron chi connectivity index (χ4n) is 2.49. The maximum absolute atomic E-state index is 12.4. The number of rotatable bonds is 5. The van der Waals surface area contributed by atoms with Crippen molar-refractivity contribution in [2.45, 2.75) is 13.5 Å². The molecule has 28 heavy (non-hydrogen) atoms. The highest BCUT2D eigenvalue weighted by atomic mass is 127. The molecule has 0 heterocycles. The molecule has 0 saturated carbocycles. The van der Waals surface area contributed by atoms with E-state index in [-0.39, 0.29) is 11.0 Å².